The van der Waals surface area contributed by atoms with Crippen LogP contribution in [0.4, 0.5) is 0 Å². The smallest absolute Gasteiger partial charge is 0.209 e. The second-order valence-corrected chi connectivity index (χ2v) is 7.90. The molecule has 0 radical (unpaired) electrons. The van der Waals surface area contributed by atoms with Crippen LogP contribution in [0.1, 0.15) is 36.5 Å². The van der Waals surface area contributed by atoms with E-state index in [-0.39, 0.29) is 0 Å². The van der Waals surface area contributed by atoms with Gasteiger partial charge in [0, 0.05) is 5.75 Å². The molecular weight excluding hydrogens is 372 g/mol. The Morgan fingerprint density at radius 3 is 2.50 bits per heavy atom. The summed E-state index contributed by atoms with van der Waals surface area (Å²) in [5.74, 6) is 3.03. The first kappa shape index (κ1) is 20.2. The zero-order valence-electron chi connectivity index (χ0n) is 16.8. The second kappa shape index (κ2) is 9.59. The van der Waals surface area contributed by atoms with E-state index in [1.807, 2.05) is 30.3 Å². The first-order chi connectivity index (χ1) is 13.6. The van der Waals surface area contributed by atoms with Gasteiger partial charge in [-0.1, -0.05) is 43.8 Å². The normalized spacial score (nSPS) is 11.0. The topological polar surface area (TPSA) is 62.1 Å². The molecule has 0 N–H and O–H groups in total. The van der Waals surface area contributed by atoms with Gasteiger partial charge in [0.05, 0.1) is 20.3 Å². The molecule has 0 aliphatic carbocycles. The first-order valence-corrected chi connectivity index (χ1v) is 10.3. The van der Waals surface area contributed by atoms with E-state index in [4.69, 9.17) is 9.47 Å². The lowest BCUT2D eigenvalue weighted by atomic mass is 9.98. The van der Waals surface area contributed by atoms with E-state index < -0.39 is 0 Å². The van der Waals surface area contributed by atoms with Gasteiger partial charge in [-0.05, 0) is 64.2 Å². The maximum Gasteiger partial charge on any atom is 0.209 e. The molecule has 0 aliphatic rings. The Labute approximate surface area is 170 Å². The summed E-state index contributed by atoms with van der Waals surface area (Å²) in [7, 11) is 1.66. The van der Waals surface area contributed by atoms with E-state index in [1.54, 1.807) is 23.6 Å². The van der Waals surface area contributed by atoms with E-state index in [9.17, 15) is 0 Å². The van der Waals surface area contributed by atoms with Crippen molar-refractivity contribution in [2.75, 3.05) is 19.5 Å². The lowest BCUT2D eigenvalue weighted by Gasteiger charge is -2.12. The standard InChI is InChI=1S/C21H26N4O2S/c1-15(2)20-10-9-19(13-16(20)3)27-11-12-28-21-22-23-24-25(21)14-17-5-7-18(26-4)8-6-17/h5-10,13,15H,11-12,14H2,1-4H3. The van der Waals surface area contributed by atoms with E-state index >= 15 is 0 Å². The molecule has 0 bridgehead atoms. The number of hydrogen-bond donors (Lipinski definition) is 0. The van der Waals surface area contributed by atoms with Gasteiger partial charge >= 0.3 is 0 Å². The van der Waals surface area contributed by atoms with E-state index in [0.717, 1.165) is 28.0 Å². The lowest BCUT2D eigenvalue weighted by Crippen LogP contribution is -2.06. The highest BCUT2D eigenvalue weighted by atomic mass is 32.2. The van der Waals surface area contributed by atoms with Crippen LogP contribution in [0.3, 0.4) is 0 Å². The summed E-state index contributed by atoms with van der Waals surface area (Å²) in [5.41, 5.74) is 3.75. The minimum atomic E-state index is 0.522. The van der Waals surface area contributed by atoms with Crippen molar-refractivity contribution in [1.82, 2.24) is 20.2 Å². The Kier molecular flexibility index (Phi) is 6.92. The second-order valence-electron chi connectivity index (χ2n) is 6.84. The third-order valence-electron chi connectivity index (χ3n) is 4.44. The van der Waals surface area contributed by atoms with Crippen molar-refractivity contribution in [1.29, 1.82) is 0 Å². The summed E-state index contributed by atoms with van der Waals surface area (Å²) in [5, 5.41) is 12.8. The number of tetrazole rings is 1. The highest BCUT2D eigenvalue weighted by molar-refractivity contribution is 7.99. The Morgan fingerprint density at radius 2 is 1.82 bits per heavy atom. The fourth-order valence-electron chi connectivity index (χ4n) is 2.98. The molecular formula is C21H26N4O2S. The van der Waals surface area contributed by atoms with Gasteiger partial charge in [-0.3, -0.25) is 0 Å². The molecule has 7 heteroatoms. The minimum absolute atomic E-state index is 0.522. The van der Waals surface area contributed by atoms with Crippen LogP contribution in [-0.2, 0) is 6.54 Å². The molecule has 3 aromatic rings. The minimum Gasteiger partial charge on any atom is -0.497 e. The van der Waals surface area contributed by atoms with Crippen LogP contribution in [0.5, 0.6) is 11.5 Å². The molecule has 6 nitrogen and oxygen atoms in total. The van der Waals surface area contributed by atoms with Crippen LogP contribution >= 0.6 is 11.8 Å². The van der Waals surface area contributed by atoms with Crippen molar-refractivity contribution in [2.45, 2.75) is 38.4 Å². The van der Waals surface area contributed by atoms with Crippen molar-refractivity contribution in [3.63, 3.8) is 0 Å². The van der Waals surface area contributed by atoms with Gasteiger partial charge in [-0.15, -0.1) is 5.10 Å². The predicted octanol–water partition coefficient (Wildman–Crippen LogP) is 4.33. The SMILES string of the molecule is COc1ccc(Cn2nnnc2SCCOc2ccc(C(C)C)c(C)c2)cc1. The Bertz CT molecular complexity index is 894. The number of methoxy groups -OCH3 is 1. The van der Waals surface area contributed by atoms with Gasteiger partial charge in [0.2, 0.25) is 5.16 Å². The summed E-state index contributed by atoms with van der Waals surface area (Å²) >= 11 is 1.59. The Hall–Kier alpha value is -2.54. The number of benzene rings is 2. The van der Waals surface area contributed by atoms with Crippen molar-refractivity contribution in [3.8, 4) is 11.5 Å². The summed E-state index contributed by atoms with van der Waals surface area (Å²) < 4.78 is 12.9. The summed E-state index contributed by atoms with van der Waals surface area (Å²) in [4.78, 5) is 0. The molecule has 0 fully saturated rings. The van der Waals surface area contributed by atoms with Crippen molar-refractivity contribution in [3.05, 3.63) is 59.2 Å². The van der Waals surface area contributed by atoms with Gasteiger partial charge in [0.15, 0.2) is 0 Å². The van der Waals surface area contributed by atoms with Crippen molar-refractivity contribution >= 4 is 11.8 Å². The van der Waals surface area contributed by atoms with Gasteiger partial charge < -0.3 is 9.47 Å². The third-order valence-corrected chi connectivity index (χ3v) is 5.36. The molecule has 1 aromatic heterocycles. The number of thioether (sulfide) groups is 1. The molecule has 2 aromatic carbocycles. The van der Waals surface area contributed by atoms with Crippen LogP contribution in [0.25, 0.3) is 0 Å². The largest absolute Gasteiger partial charge is 0.497 e. The fourth-order valence-corrected chi connectivity index (χ4v) is 3.67. The van der Waals surface area contributed by atoms with Crippen LogP contribution < -0.4 is 9.47 Å². The number of hydrogen-bond acceptors (Lipinski definition) is 6. The molecule has 3 rings (SSSR count). The van der Waals surface area contributed by atoms with Crippen LogP contribution in [0.15, 0.2) is 47.6 Å². The molecule has 0 aliphatic heterocycles. The van der Waals surface area contributed by atoms with E-state index in [0.29, 0.717) is 19.1 Å². The average molecular weight is 399 g/mol. The molecule has 0 saturated carbocycles. The highest BCUT2D eigenvalue weighted by Crippen LogP contribution is 2.24. The molecule has 0 unspecified atom stereocenters. The van der Waals surface area contributed by atoms with Gasteiger partial charge in [0.1, 0.15) is 11.5 Å². The Balaban J connectivity index is 1.50. The number of aryl methyl sites for hydroxylation is 1. The zero-order valence-corrected chi connectivity index (χ0v) is 17.6. The quantitative estimate of drug-likeness (QED) is 0.395. The first-order valence-electron chi connectivity index (χ1n) is 9.32. The molecule has 0 spiro atoms. The maximum absolute atomic E-state index is 5.89. The van der Waals surface area contributed by atoms with E-state index in [2.05, 4.69) is 48.4 Å². The van der Waals surface area contributed by atoms with Crippen LogP contribution in [0, 0.1) is 6.92 Å². The number of rotatable bonds is 9. The average Bonchev–Trinajstić information content (AvgIpc) is 3.12. The number of nitrogens with zero attached hydrogens (tertiary/aromatic N) is 4. The molecule has 28 heavy (non-hydrogen) atoms. The lowest BCUT2D eigenvalue weighted by molar-refractivity contribution is 0.343. The molecule has 148 valence electrons. The van der Waals surface area contributed by atoms with E-state index in [1.165, 1.54) is 11.1 Å². The van der Waals surface area contributed by atoms with Crippen molar-refractivity contribution < 1.29 is 9.47 Å². The summed E-state index contributed by atoms with van der Waals surface area (Å²) in [6.07, 6.45) is 0. The molecule has 0 amide bonds. The third kappa shape index (κ3) is 5.25. The number of aromatic nitrogens is 4. The fraction of sp³-hybridized carbons (Fsp3) is 0.381. The van der Waals surface area contributed by atoms with Gasteiger partial charge in [0.25, 0.3) is 0 Å². The zero-order chi connectivity index (χ0) is 19.9. The predicted molar refractivity (Wildman–Crippen MR) is 111 cm³/mol. The highest BCUT2D eigenvalue weighted by Gasteiger charge is 2.09. The monoisotopic (exact) mass is 398 g/mol. The van der Waals surface area contributed by atoms with Crippen molar-refractivity contribution in [2.24, 2.45) is 0 Å². The van der Waals surface area contributed by atoms with Gasteiger partial charge in [-0.25, -0.2) is 4.68 Å². The van der Waals surface area contributed by atoms with Gasteiger partial charge in [-0.2, -0.15) is 0 Å². The summed E-state index contributed by atoms with van der Waals surface area (Å²) in [6, 6.07) is 14.2. The Morgan fingerprint density at radius 1 is 1.07 bits per heavy atom. The maximum atomic E-state index is 5.89. The summed E-state index contributed by atoms with van der Waals surface area (Å²) in [6.45, 7) is 7.76. The molecule has 0 atom stereocenters. The van der Waals surface area contributed by atoms with Crippen LogP contribution in [-0.4, -0.2) is 39.7 Å². The molecule has 1 heterocycles. The van der Waals surface area contributed by atoms with Crippen LogP contribution in [0.2, 0.25) is 0 Å². The number of ether oxygens (including phenoxy) is 2. The molecule has 0 saturated heterocycles.